The zero-order valence-electron chi connectivity index (χ0n) is 9.94. The molecule has 0 unspecified atom stereocenters. The Morgan fingerprint density at radius 3 is 2.94 bits per heavy atom. The molecule has 17 heavy (non-hydrogen) atoms. The zero-order chi connectivity index (χ0) is 12.3. The van der Waals surface area contributed by atoms with Crippen molar-refractivity contribution in [2.24, 2.45) is 0 Å². The van der Waals surface area contributed by atoms with Gasteiger partial charge in [-0.1, -0.05) is 24.3 Å². The van der Waals surface area contributed by atoms with Crippen LogP contribution in [0, 0.1) is 0 Å². The summed E-state index contributed by atoms with van der Waals surface area (Å²) < 4.78 is 0. The summed E-state index contributed by atoms with van der Waals surface area (Å²) in [5.74, 6) is 0.434. The van der Waals surface area contributed by atoms with Crippen LogP contribution in [-0.4, -0.2) is 30.3 Å². The zero-order valence-corrected chi connectivity index (χ0v) is 9.94. The number of rotatable bonds is 4. The number of aliphatic hydroxyl groups is 1. The van der Waals surface area contributed by atoms with Crippen LogP contribution in [0.2, 0.25) is 0 Å². The molecule has 0 bridgehead atoms. The Morgan fingerprint density at radius 1 is 1.47 bits per heavy atom. The number of carbonyl (C=O) groups is 1. The third-order valence-electron chi connectivity index (χ3n) is 3.03. The molecule has 0 spiro atoms. The average molecular weight is 234 g/mol. The first kappa shape index (κ1) is 11.9. The fourth-order valence-corrected chi connectivity index (χ4v) is 2.06. The standard InChI is InChI=1S/C13H18N2O2/c1-9(16)7-14-13(17)15-8-11-6-10-4-2-3-5-12(10)11/h2-5,9,11,16H,6-8H2,1H3,(H2,14,15,17)/t9-,11+/m1/s1. The Hall–Kier alpha value is -1.55. The van der Waals surface area contributed by atoms with E-state index in [4.69, 9.17) is 5.11 Å². The summed E-state index contributed by atoms with van der Waals surface area (Å²) in [5.41, 5.74) is 2.71. The van der Waals surface area contributed by atoms with Gasteiger partial charge in [0.25, 0.3) is 0 Å². The molecule has 0 saturated carbocycles. The van der Waals surface area contributed by atoms with Crippen molar-refractivity contribution in [3.63, 3.8) is 0 Å². The smallest absolute Gasteiger partial charge is 0.314 e. The van der Waals surface area contributed by atoms with Crippen LogP contribution >= 0.6 is 0 Å². The molecule has 1 aliphatic carbocycles. The summed E-state index contributed by atoms with van der Waals surface area (Å²) in [6.07, 6.45) is 0.525. The lowest BCUT2D eigenvalue weighted by molar-refractivity contribution is 0.187. The molecule has 92 valence electrons. The second-order valence-corrected chi connectivity index (χ2v) is 4.54. The minimum Gasteiger partial charge on any atom is -0.392 e. The summed E-state index contributed by atoms with van der Waals surface area (Å²) in [7, 11) is 0. The fraction of sp³-hybridized carbons (Fsp3) is 0.462. The van der Waals surface area contributed by atoms with E-state index in [0.717, 1.165) is 6.42 Å². The Kier molecular flexibility index (Phi) is 3.64. The van der Waals surface area contributed by atoms with E-state index in [1.54, 1.807) is 6.92 Å². The van der Waals surface area contributed by atoms with Gasteiger partial charge in [0.15, 0.2) is 0 Å². The highest BCUT2D eigenvalue weighted by Crippen LogP contribution is 2.33. The number of carbonyl (C=O) groups excluding carboxylic acids is 1. The van der Waals surface area contributed by atoms with E-state index < -0.39 is 6.10 Å². The van der Waals surface area contributed by atoms with E-state index in [0.29, 0.717) is 12.5 Å². The molecule has 0 fully saturated rings. The van der Waals surface area contributed by atoms with Crippen LogP contribution in [0.25, 0.3) is 0 Å². The lowest BCUT2D eigenvalue weighted by atomic mass is 9.78. The third kappa shape index (κ3) is 2.97. The van der Waals surface area contributed by atoms with Crippen LogP contribution in [-0.2, 0) is 6.42 Å². The third-order valence-corrected chi connectivity index (χ3v) is 3.03. The molecule has 4 nitrogen and oxygen atoms in total. The van der Waals surface area contributed by atoms with Gasteiger partial charge in [-0.15, -0.1) is 0 Å². The number of fused-ring (bicyclic) bond motifs is 1. The van der Waals surface area contributed by atoms with Crippen molar-refractivity contribution in [3.05, 3.63) is 35.4 Å². The number of hydrogen-bond acceptors (Lipinski definition) is 2. The van der Waals surface area contributed by atoms with Crippen molar-refractivity contribution in [3.8, 4) is 0 Å². The van der Waals surface area contributed by atoms with Gasteiger partial charge < -0.3 is 15.7 Å². The van der Waals surface area contributed by atoms with Gasteiger partial charge in [-0.3, -0.25) is 0 Å². The number of benzene rings is 1. The second kappa shape index (κ2) is 5.19. The molecule has 2 rings (SSSR count). The van der Waals surface area contributed by atoms with Gasteiger partial charge in [0, 0.05) is 19.0 Å². The first-order chi connectivity index (χ1) is 8.16. The highest BCUT2D eigenvalue weighted by Gasteiger charge is 2.25. The average Bonchev–Trinajstić information content (AvgIpc) is 2.27. The number of aliphatic hydroxyl groups excluding tert-OH is 1. The van der Waals surface area contributed by atoms with Crippen molar-refractivity contribution >= 4 is 6.03 Å². The van der Waals surface area contributed by atoms with E-state index in [1.165, 1.54) is 11.1 Å². The quantitative estimate of drug-likeness (QED) is 0.728. The molecule has 2 amide bonds. The largest absolute Gasteiger partial charge is 0.392 e. The van der Waals surface area contributed by atoms with E-state index in [1.807, 2.05) is 12.1 Å². The monoisotopic (exact) mass is 234 g/mol. The summed E-state index contributed by atoms with van der Waals surface area (Å²) in [5, 5.41) is 14.5. The maximum Gasteiger partial charge on any atom is 0.314 e. The van der Waals surface area contributed by atoms with Gasteiger partial charge in [0.1, 0.15) is 0 Å². The molecular formula is C13H18N2O2. The van der Waals surface area contributed by atoms with E-state index in [-0.39, 0.29) is 12.6 Å². The molecular weight excluding hydrogens is 216 g/mol. The summed E-state index contributed by atoms with van der Waals surface area (Å²) >= 11 is 0. The van der Waals surface area contributed by atoms with Crippen molar-refractivity contribution in [1.82, 2.24) is 10.6 Å². The predicted molar refractivity (Wildman–Crippen MR) is 66.0 cm³/mol. The van der Waals surface area contributed by atoms with Gasteiger partial charge in [-0.2, -0.15) is 0 Å². The summed E-state index contributed by atoms with van der Waals surface area (Å²) in [6, 6.07) is 8.09. The molecule has 1 aromatic rings. The Bertz CT molecular complexity index is 404. The summed E-state index contributed by atoms with van der Waals surface area (Å²) in [6.45, 7) is 2.58. The molecule has 0 radical (unpaired) electrons. The van der Waals surface area contributed by atoms with E-state index in [2.05, 4.69) is 22.8 Å². The highest BCUT2D eigenvalue weighted by atomic mass is 16.3. The van der Waals surface area contributed by atoms with Crippen molar-refractivity contribution in [2.45, 2.75) is 25.4 Å². The Balaban J connectivity index is 1.72. The van der Waals surface area contributed by atoms with Crippen LogP contribution in [0.3, 0.4) is 0 Å². The van der Waals surface area contributed by atoms with Crippen molar-refractivity contribution in [2.75, 3.05) is 13.1 Å². The van der Waals surface area contributed by atoms with Crippen LogP contribution in [0.5, 0.6) is 0 Å². The second-order valence-electron chi connectivity index (χ2n) is 4.54. The fourth-order valence-electron chi connectivity index (χ4n) is 2.06. The SMILES string of the molecule is C[C@@H](O)CNC(=O)NC[C@@H]1Cc2ccccc21. The van der Waals surface area contributed by atoms with Gasteiger partial charge in [-0.05, 0) is 24.5 Å². The number of hydrogen-bond donors (Lipinski definition) is 3. The van der Waals surface area contributed by atoms with Crippen molar-refractivity contribution < 1.29 is 9.90 Å². The number of amides is 2. The maximum absolute atomic E-state index is 11.4. The molecule has 0 aromatic heterocycles. The molecule has 0 aliphatic heterocycles. The van der Waals surface area contributed by atoms with Gasteiger partial charge >= 0.3 is 6.03 Å². The first-order valence-electron chi connectivity index (χ1n) is 5.94. The molecule has 1 aliphatic rings. The van der Waals surface area contributed by atoms with E-state index >= 15 is 0 Å². The Labute approximate surface area is 101 Å². The van der Waals surface area contributed by atoms with Crippen LogP contribution < -0.4 is 10.6 Å². The first-order valence-corrected chi connectivity index (χ1v) is 5.94. The van der Waals surface area contributed by atoms with Gasteiger partial charge in [0.05, 0.1) is 6.10 Å². The topological polar surface area (TPSA) is 61.4 Å². The molecule has 3 N–H and O–H groups in total. The number of urea groups is 1. The van der Waals surface area contributed by atoms with Crippen LogP contribution in [0.1, 0.15) is 24.0 Å². The molecule has 0 heterocycles. The van der Waals surface area contributed by atoms with E-state index in [9.17, 15) is 4.79 Å². The van der Waals surface area contributed by atoms with Crippen molar-refractivity contribution in [1.29, 1.82) is 0 Å². The minimum absolute atomic E-state index is 0.213. The summed E-state index contributed by atoms with van der Waals surface area (Å²) in [4.78, 5) is 11.4. The molecule has 4 heteroatoms. The maximum atomic E-state index is 11.4. The highest BCUT2D eigenvalue weighted by molar-refractivity contribution is 5.74. The number of nitrogens with one attached hydrogen (secondary N) is 2. The molecule has 2 atom stereocenters. The molecule has 0 saturated heterocycles. The minimum atomic E-state index is -0.509. The molecule has 1 aromatic carbocycles. The van der Waals surface area contributed by atoms with Gasteiger partial charge in [-0.25, -0.2) is 4.79 Å². The lowest BCUT2D eigenvalue weighted by Crippen LogP contribution is -2.42. The van der Waals surface area contributed by atoms with Gasteiger partial charge in [0.2, 0.25) is 0 Å². The lowest BCUT2D eigenvalue weighted by Gasteiger charge is -2.30. The normalized spacial score (nSPS) is 18.8. The Morgan fingerprint density at radius 2 is 2.24 bits per heavy atom. The van der Waals surface area contributed by atoms with Crippen LogP contribution in [0.15, 0.2) is 24.3 Å². The predicted octanol–water partition coefficient (Wildman–Crippen LogP) is 1.01. The van der Waals surface area contributed by atoms with Crippen LogP contribution in [0.4, 0.5) is 4.79 Å².